The Morgan fingerprint density at radius 2 is 1.77 bits per heavy atom. The van der Waals surface area contributed by atoms with Crippen molar-refractivity contribution < 1.29 is 18.0 Å². The van der Waals surface area contributed by atoms with Gasteiger partial charge in [0.1, 0.15) is 5.71 Å². The van der Waals surface area contributed by atoms with Crippen LogP contribution in [-0.2, 0) is 26.1 Å². The molecule has 0 bridgehead atoms. The molecule has 3 heterocycles. The maximum absolute atomic E-state index is 13.2. The zero-order valence-electron chi connectivity index (χ0n) is 17.2. The Morgan fingerprint density at radius 3 is 2.55 bits per heavy atom. The van der Waals surface area contributed by atoms with Gasteiger partial charge in [-0.3, -0.25) is 4.79 Å². The van der Waals surface area contributed by atoms with E-state index in [1.807, 2.05) is 30.3 Å². The number of amides is 1. The highest BCUT2D eigenvalue weighted by atomic mass is 32.2. The number of fused-ring (bicyclic) bond motifs is 1. The van der Waals surface area contributed by atoms with Crippen molar-refractivity contribution in [2.75, 3.05) is 24.5 Å². The highest BCUT2D eigenvalue weighted by molar-refractivity contribution is 7.89. The van der Waals surface area contributed by atoms with E-state index in [1.54, 1.807) is 27.4 Å². The van der Waals surface area contributed by atoms with E-state index in [0.717, 1.165) is 42.5 Å². The molecule has 3 aliphatic heterocycles. The predicted octanol–water partition coefficient (Wildman–Crippen LogP) is 3.27. The summed E-state index contributed by atoms with van der Waals surface area (Å²) < 4.78 is 27.4. The van der Waals surface area contributed by atoms with Crippen molar-refractivity contribution in [3.05, 3.63) is 59.7 Å². The van der Waals surface area contributed by atoms with E-state index in [2.05, 4.69) is 5.16 Å². The number of hydrogen-bond donors (Lipinski definition) is 0. The van der Waals surface area contributed by atoms with Crippen LogP contribution in [0.2, 0.25) is 0 Å². The molecule has 0 aliphatic carbocycles. The van der Waals surface area contributed by atoms with Gasteiger partial charge in [0.05, 0.1) is 4.90 Å². The minimum atomic E-state index is -3.48. The molecule has 8 heteroatoms. The zero-order valence-corrected chi connectivity index (χ0v) is 18.1. The fraction of sp³-hybridized carbons (Fsp3) is 0.391. The molecule has 1 amide bonds. The van der Waals surface area contributed by atoms with Crippen LogP contribution in [0.5, 0.6) is 0 Å². The average molecular weight is 440 g/mol. The lowest BCUT2D eigenvalue weighted by Crippen LogP contribution is -2.40. The number of anilines is 1. The summed E-state index contributed by atoms with van der Waals surface area (Å²) >= 11 is 0. The summed E-state index contributed by atoms with van der Waals surface area (Å²) in [6, 6.07) is 14.9. The second-order valence-electron chi connectivity index (χ2n) is 8.21. The molecule has 0 spiro atoms. The molecule has 31 heavy (non-hydrogen) atoms. The Balaban J connectivity index is 1.36. The predicted molar refractivity (Wildman–Crippen MR) is 117 cm³/mol. The van der Waals surface area contributed by atoms with E-state index >= 15 is 0 Å². The molecule has 1 atom stereocenters. The van der Waals surface area contributed by atoms with E-state index in [9.17, 15) is 13.2 Å². The number of benzene rings is 2. The highest BCUT2D eigenvalue weighted by Gasteiger charge is 2.34. The van der Waals surface area contributed by atoms with Crippen molar-refractivity contribution in [3.63, 3.8) is 0 Å². The van der Waals surface area contributed by atoms with Crippen LogP contribution in [0.15, 0.2) is 58.6 Å². The Labute approximate surface area is 182 Å². The van der Waals surface area contributed by atoms with Gasteiger partial charge in [0.2, 0.25) is 10.0 Å². The van der Waals surface area contributed by atoms with E-state index in [-0.39, 0.29) is 12.0 Å². The number of carbonyl (C=O) groups excluding carboxylic acids is 1. The zero-order chi connectivity index (χ0) is 21.4. The third-order valence-corrected chi connectivity index (χ3v) is 8.10. The van der Waals surface area contributed by atoms with Crippen LogP contribution in [0.1, 0.15) is 42.9 Å². The minimum Gasteiger partial charge on any atom is -0.387 e. The third-order valence-electron chi connectivity index (χ3n) is 6.20. The van der Waals surface area contributed by atoms with Gasteiger partial charge in [-0.1, -0.05) is 35.5 Å². The molecular formula is C23H25N3O4S. The lowest BCUT2D eigenvalue weighted by atomic mass is 10.00. The number of sulfonamides is 1. The van der Waals surface area contributed by atoms with Crippen molar-refractivity contribution in [2.45, 2.75) is 43.1 Å². The second kappa shape index (κ2) is 8.09. The lowest BCUT2D eigenvalue weighted by Gasteiger charge is -2.30. The normalized spacial score (nSPS) is 21.5. The van der Waals surface area contributed by atoms with Gasteiger partial charge in [-0.2, -0.15) is 4.31 Å². The fourth-order valence-corrected chi connectivity index (χ4v) is 6.10. The maximum Gasteiger partial charge on any atom is 0.276 e. The van der Waals surface area contributed by atoms with Gasteiger partial charge in [0.15, 0.2) is 6.10 Å². The second-order valence-corrected chi connectivity index (χ2v) is 10.1. The van der Waals surface area contributed by atoms with Crippen molar-refractivity contribution >= 4 is 27.3 Å². The Morgan fingerprint density at radius 1 is 1.00 bits per heavy atom. The topological polar surface area (TPSA) is 79.3 Å². The van der Waals surface area contributed by atoms with Gasteiger partial charge in [0.25, 0.3) is 5.91 Å². The van der Waals surface area contributed by atoms with Gasteiger partial charge in [0, 0.05) is 31.7 Å². The molecule has 7 nitrogen and oxygen atoms in total. The van der Waals surface area contributed by atoms with Crippen LogP contribution in [-0.4, -0.2) is 44.0 Å². The minimum absolute atomic E-state index is 0.172. The number of rotatable bonds is 4. The molecule has 162 valence electrons. The maximum atomic E-state index is 13.2. The number of carbonyl (C=O) groups is 1. The third kappa shape index (κ3) is 3.74. The first-order valence-corrected chi connectivity index (χ1v) is 12.2. The van der Waals surface area contributed by atoms with E-state index in [4.69, 9.17) is 4.84 Å². The van der Waals surface area contributed by atoms with Gasteiger partial charge < -0.3 is 9.74 Å². The molecule has 2 aromatic carbocycles. The summed E-state index contributed by atoms with van der Waals surface area (Å²) in [6.45, 7) is 1.73. The van der Waals surface area contributed by atoms with Gasteiger partial charge in [-0.15, -0.1) is 0 Å². The first-order chi connectivity index (χ1) is 15.0. The summed E-state index contributed by atoms with van der Waals surface area (Å²) in [7, 11) is -3.48. The quantitative estimate of drug-likeness (QED) is 0.732. The van der Waals surface area contributed by atoms with E-state index in [1.165, 1.54) is 0 Å². The smallest absolute Gasteiger partial charge is 0.276 e. The summed E-state index contributed by atoms with van der Waals surface area (Å²) in [4.78, 5) is 20.8. The SMILES string of the molecule is O=C(C1=NOC(c2ccccc2)C1)N1CCCc2cc(S(=O)(=O)N3CCCC3)ccc21. The van der Waals surface area contributed by atoms with Crippen molar-refractivity contribution in [1.82, 2.24) is 4.31 Å². The Kier molecular flexibility index (Phi) is 5.27. The van der Waals surface area contributed by atoms with Crippen molar-refractivity contribution in [3.8, 4) is 0 Å². The van der Waals surface area contributed by atoms with E-state index < -0.39 is 10.0 Å². The van der Waals surface area contributed by atoms with Crippen LogP contribution in [0, 0.1) is 0 Å². The summed E-state index contributed by atoms with van der Waals surface area (Å²) in [5.41, 5.74) is 3.04. The molecule has 0 aromatic heterocycles. The van der Waals surface area contributed by atoms with Crippen molar-refractivity contribution in [2.24, 2.45) is 5.16 Å². The molecule has 0 N–H and O–H groups in total. The molecule has 1 saturated heterocycles. The average Bonchev–Trinajstić information content (AvgIpc) is 3.51. The van der Waals surface area contributed by atoms with Crippen LogP contribution < -0.4 is 4.90 Å². The summed E-state index contributed by atoms with van der Waals surface area (Å²) in [5, 5.41) is 4.07. The molecule has 0 radical (unpaired) electrons. The largest absolute Gasteiger partial charge is 0.387 e. The van der Waals surface area contributed by atoms with Crippen LogP contribution in [0.4, 0.5) is 5.69 Å². The van der Waals surface area contributed by atoms with E-state index in [0.29, 0.717) is 36.7 Å². The first kappa shape index (κ1) is 20.2. The molecule has 5 rings (SSSR count). The molecule has 2 aromatic rings. The van der Waals surface area contributed by atoms with Crippen LogP contribution in [0.25, 0.3) is 0 Å². The monoisotopic (exact) mass is 439 g/mol. The van der Waals surface area contributed by atoms with Gasteiger partial charge in [-0.05, 0) is 55.0 Å². The van der Waals surface area contributed by atoms with Gasteiger partial charge in [-0.25, -0.2) is 8.42 Å². The summed E-state index contributed by atoms with van der Waals surface area (Å²) in [5.74, 6) is -0.172. The Bertz CT molecular complexity index is 1120. The van der Waals surface area contributed by atoms with Gasteiger partial charge >= 0.3 is 0 Å². The van der Waals surface area contributed by atoms with Crippen molar-refractivity contribution in [1.29, 1.82) is 0 Å². The molecule has 1 fully saturated rings. The molecule has 1 unspecified atom stereocenters. The number of aryl methyl sites for hydroxylation is 1. The highest BCUT2D eigenvalue weighted by Crippen LogP contribution is 2.33. The number of hydrogen-bond acceptors (Lipinski definition) is 5. The fourth-order valence-electron chi connectivity index (χ4n) is 4.53. The molecular weight excluding hydrogens is 414 g/mol. The number of nitrogens with zero attached hydrogens (tertiary/aromatic N) is 3. The molecule has 3 aliphatic rings. The van der Waals surface area contributed by atoms with Crippen LogP contribution >= 0.6 is 0 Å². The Hall–Kier alpha value is -2.71. The lowest BCUT2D eigenvalue weighted by molar-refractivity contribution is -0.112. The molecule has 0 saturated carbocycles. The summed E-state index contributed by atoms with van der Waals surface area (Å²) in [6.07, 6.45) is 3.51. The standard InChI is InChI=1S/C23H25N3O4S/c27-23(20-16-22(30-24-20)17-7-2-1-3-8-17)26-14-6-9-18-15-19(10-11-21(18)26)31(28,29)25-12-4-5-13-25/h1-3,7-8,10-11,15,22H,4-6,9,12-14,16H2. The first-order valence-electron chi connectivity index (χ1n) is 10.8. The number of oxime groups is 1. The van der Waals surface area contributed by atoms with Crippen LogP contribution in [0.3, 0.4) is 0 Å².